The Labute approximate surface area is 88.9 Å². The van der Waals surface area contributed by atoms with Crippen molar-refractivity contribution in [3.8, 4) is 11.5 Å². The second-order valence-corrected chi connectivity index (χ2v) is 3.79. The molecule has 1 aromatic rings. The van der Waals surface area contributed by atoms with E-state index in [0.717, 1.165) is 5.56 Å². The Bertz CT molecular complexity index is 326. The first-order valence-corrected chi connectivity index (χ1v) is 4.62. The quantitative estimate of drug-likeness (QED) is 0.839. The molecule has 0 spiro atoms. The van der Waals surface area contributed by atoms with Crippen molar-refractivity contribution < 1.29 is 9.84 Å². The fraction of sp³-hybridized carbons (Fsp3) is 0.400. The summed E-state index contributed by atoms with van der Waals surface area (Å²) in [4.78, 5) is 1.95. The average molecular weight is 216 g/mol. The molecular formula is C10H14ClNO2. The summed E-state index contributed by atoms with van der Waals surface area (Å²) in [7, 11) is 5.35. The first-order chi connectivity index (χ1) is 6.54. The number of rotatable bonds is 3. The highest BCUT2D eigenvalue weighted by atomic mass is 35.5. The summed E-state index contributed by atoms with van der Waals surface area (Å²) in [5.74, 6) is 0.569. The minimum absolute atomic E-state index is 0.158. The molecule has 4 heteroatoms. The van der Waals surface area contributed by atoms with Gasteiger partial charge in [-0.3, -0.25) is 0 Å². The first kappa shape index (κ1) is 11.1. The van der Waals surface area contributed by atoms with Crippen molar-refractivity contribution in [2.75, 3.05) is 21.2 Å². The van der Waals surface area contributed by atoms with Gasteiger partial charge >= 0.3 is 0 Å². The van der Waals surface area contributed by atoms with Gasteiger partial charge in [-0.2, -0.15) is 0 Å². The largest absolute Gasteiger partial charge is 0.504 e. The lowest BCUT2D eigenvalue weighted by Gasteiger charge is -2.13. The summed E-state index contributed by atoms with van der Waals surface area (Å²) in [6, 6.07) is 3.33. The molecule has 14 heavy (non-hydrogen) atoms. The Hall–Kier alpha value is -0.930. The van der Waals surface area contributed by atoms with E-state index >= 15 is 0 Å². The highest BCUT2D eigenvalue weighted by molar-refractivity contribution is 6.30. The van der Waals surface area contributed by atoms with E-state index in [9.17, 15) is 5.11 Å². The van der Waals surface area contributed by atoms with E-state index in [1.165, 1.54) is 7.11 Å². The smallest absolute Gasteiger partial charge is 0.162 e. The van der Waals surface area contributed by atoms with Crippen molar-refractivity contribution in [3.63, 3.8) is 0 Å². The van der Waals surface area contributed by atoms with Crippen molar-refractivity contribution in [1.82, 2.24) is 4.90 Å². The third-order valence-electron chi connectivity index (χ3n) is 1.83. The van der Waals surface area contributed by atoms with E-state index in [1.807, 2.05) is 19.0 Å². The minimum Gasteiger partial charge on any atom is -0.504 e. The maximum Gasteiger partial charge on any atom is 0.162 e. The molecule has 0 aromatic heterocycles. The minimum atomic E-state index is 0.158. The van der Waals surface area contributed by atoms with E-state index in [4.69, 9.17) is 16.3 Å². The molecule has 78 valence electrons. The van der Waals surface area contributed by atoms with Crippen LogP contribution >= 0.6 is 11.6 Å². The monoisotopic (exact) mass is 215 g/mol. The molecule has 0 atom stereocenters. The van der Waals surface area contributed by atoms with Crippen LogP contribution in [0.25, 0.3) is 0 Å². The third-order valence-corrected chi connectivity index (χ3v) is 2.04. The van der Waals surface area contributed by atoms with Crippen LogP contribution in [0.3, 0.4) is 0 Å². The van der Waals surface area contributed by atoms with Crippen LogP contribution in [0.5, 0.6) is 11.5 Å². The molecule has 0 radical (unpaired) electrons. The molecule has 0 aliphatic carbocycles. The first-order valence-electron chi connectivity index (χ1n) is 4.24. The fourth-order valence-electron chi connectivity index (χ4n) is 1.25. The van der Waals surface area contributed by atoms with Crippen LogP contribution < -0.4 is 4.74 Å². The molecule has 0 amide bonds. The molecule has 0 saturated heterocycles. The van der Waals surface area contributed by atoms with Crippen molar-refractivity contribution in [2.24, 2.45) is 0 Å². The van der Waals surface area contributed by atoms with E-state index in [1.54, 1.807) is 12.1 Å². The molecule has 0 aliphatic rings. The molecule has 1 aromatic carbocycles. The Kier molecular flexibility index (Phi) is 3.61. The van der Waals surface area contributed by atoms with Crippen LogP contribution in [-0.2, 0) is 6.54 Å². The Morgan fingerprint density at radius 1 is 1.43 bits per heavy atom. The van der Waals surface area contributed by atoms with Gasteiger partial charge in [0, 0.05) is 23.2 Å². The SMILES string of the molecule is COc1cc(Cl)cc(CN(C)C)c1O. The zero-order chi connectivity index (χ0) is 10.7. The molecule has 0 aliphatic heterocycles. The van der Waals surface area contributed by atoms with Crippen LogP contribution in [-0.4, -0.2) is 31.2 Å². The van der Waals surface area contributed by atoms with Crippen molar-refractivity contribution in [2.45, 2.75) is 6.54 Å². The maximum atomic E-state index is 9.75. The number of nitrogens with zero attached hydrogens (tertiary/aromatic N) is 1. The molecule has 0 fully saturated rings. The van der Waals surface area contributed by atoms with Crippen LogP contribution in [0.1, 0.15) is 5.56 Å². The molecule has 3 nitrogen and oxygen atoms in total. The van der Waals surface area contributed by atoms with Crippen LogP contribution in [0, 0.1) is 0 Å². The fourth-order valence-corrected chi connectivity index (χ4v) is 1.48. The second kappa shape index (κ2) is 4.53. The molecule has 0 heterocycles. The summed E-state index contributed by atoms with van der Waals surface area (Å²) in [5.41, 5.74) is 0.763. The van der Waals surface area contributed by atoms with Gasteiger partial charge in [0.05, 0.1) is 7.11 Å². The summed E-state index contributed by atoms with van der Waals surface area (Å²) in [6.07, 6.45) is 0. The van der Waals surface area contributed by atoms with Crippen molar-refractivity contribution in [3.05, 3.63) is 22.7 Å². The summed E-state index contributed by atoms with van der Waals surface area (Å²) < 4.78 is 5.00. The highest BCUT2D eigenvalue weighted by Crippen LogP contribution is 2.33. The highest BCUT2D eigenvalue weighted by Gasteiger charge is 2.10. The summed E-state index contributed by atoms with van der Waals surface area (Å²) >= 11 is 5.87. The van der Waals surface area contributed by atoms with Gasteiger partial charge in [0.25, 0.3) is 0 Å². The van der Waals surface area contributed by atoms with E-state index in [-0.39, 0.29) is 5.75 Å². The molecule has 0 unspecified atom stereocenters. The van der Waals surface area contributed by atoms with Gasteiger partial charge in [0.1, 0.15) is 0 Å². The standard InChI is InChI=1S/C10H14ClNO2/c1-12(2)6-7-4-8(11)5-9(14-3)10(7)13/h4-5,13H,6H2,1-3H3. The van der Waals surface area contributed by atoms with Gasteiger partial charge in [0.15, 0.2) is 11.5 Å². The van der Waals surface area contributed by atoms with Gasteiger partial charge in [-0.15, -0.1) is 0 Å². The lowest BCUT2D eigenvalue weighted by Crippen LogP contribution is -2.10. The molecular weight excluding hydrogens is 202 g/mol. The van der Waals surface area contributed by atoms with Gasteiger partial charge in [-0.05, 0) is 20.2 Å². The van der Waals surface area contributed by atoms with Crippen LogP contribution in [0.15, 0.2) is 12.1 Å². The van der Waals surface area contributed by atoms with E-state index < -0.39 is 0 Å². The topological polar surface area (TPSA) is 32.7 Å². The number of hydrogen-bond acceptors (Lipinski definition) is 3. The Morgan fingerprint density at radius 3 is 2.57 bits per heavy atom. The number of halogens is 1. The molecule has 1 N–H and O–H groups in total. The number of aromatic hydroxyl groups is 1. The zero-order valence-corrected chi connectivity index (χ0v) is 9.30. The molecule has 0 saturated carbocycles. The van der Waals surface area contributed by atoms with Crippen molar-refractivity contribution in [1.29, 1.82) is 0 Å². The molecule has 1 rings (SSSR count). The number of benzene rings is 1. The Balaban J connectivity index is 3.08. The maximum absolute atomic E-state index is 9.75. The summed E-state index contributed by atoms with van der Waals surface area (Å²) in [5, 5.41) is 10.3. The second-order valence-electron chi connectivity index (χ2n) is 3.35. The van der Waals surface area contributed by atoms with Gasteiger partial charge < -0.3 is 14.7 Å². The average Bonchev–Trinajstić information content (AvgIpc) is 2.09. The van der Waals surface area contributed by atoms with E-state index in [0.29, 0.717) is 17.3 Å². The Morgan fingerprint density at radius 2 is 2.07 bits per heavy atom. The van der Waals surface area contributed by atoms with Crippen LogP contribution in [0.4, 0.5) is 0 Å². The molecule has 0 bridgehead atoms. The van der Waals surface area contributed by atoms with Crippen molar-refractivity contribution >= 4 is 11.6 Å². The number of phenols is 1. The van der Waals surface area contributed by atoms with Crippen LogP contribution in [0.2, 0.25) is 5.02 Å². The number of phenolic OH excluding ortho intramolecular Hbond substituents is 1. The zero-order valence-electron chi connectivity index (χ0n) is 8.54. The predicted molar refractivity (Wildman–Crippen MR) is 57.1 cm³/mol. The van der Waals surface area contributed by atoms with E-state index in [2.05, 4.69) is 0 Å². The lowest BCUT2D eigenvalue weighted by atomic mass is 10.2. The third kappa shape index (κ3) is 2.53. The van der Waals surface area contributed by atoms with Gasteiger partial charge in [-0.1, -0.05) is 11.6 Å². The number of hydrogen-bond donors (Lipinski definition) is 1. The predicted octanol–water partition coefficient (Wildman–Crippen LogP) is 2.12. The summed E-state index contributed by atoms with van der Waals surface area (Å²) in [6.45, 7) is 0.628. The van der Waals surface area contributed by atoms with Gasteiger partial charge in [-0.25, -0.2) is 0 Å². The lowest BCUT2D eigenvalue weighted by molar-refractivity contribution is 0.355. The number of ether oxygens (including phenoxy) is 1. The normalized spacial score (nSPS) is 10.6. The number of methoxy groups -OCH3 is 1. The van der Waals surface area contributed by atoms with Gasteiger partial charge in [0.2, 0.25) is 0 Å².